The van der Waals surface area contributed by atoms with Crippen molar-refractivity contribution in [3.63, 3.8) is 0 Å². The summed E-state index contributed by atoms with van der Waals surface area (Å²) in [5.41, 5.74) is -0.429. The third kappa shape index (κ3) is 6.28. The number of carbonyl (C=O) groups excluding carboxylic acids is 2. The Morgan fingerprint density at radius 1 is 1.44 bits per heavy atom. The van der Waals surface area contributed by atoms with Crippen molar-refractivity contribution in [1.82, 2.24) is 5.32 Å². The topological polar surface area (TPSA) is 55.4 Å². The van der Waals surface area contributed by atoms with Crippen molar-refractivity contribution < 1.29 is 14.3 Å². The van der Waals surface area contributed by atoms with Gasteiger partial charge in [0.05, 0.1) is 11.7 Å². The molecule has 0 aliphatic carbocycles. The number of hydrogen-bond acceptors (Lipinski definition) is 4. The summed E-state index contributed by atoms with van der Waals surface area (Å²) < 4.78 is 5.23. The van der Waals surface area contributed by atoms with E-state index in [9.17, 15) is 9.59 Å². The first-order chi connectivity index (χ1) is 8.38. The Morgan fingerprint density at radius 3 is 2.83 bits per heavy atom. The predicted molar refractivity (Wildman–Crippen MR) is 73.6 cm³/mol. The molecular formula is C13H23NO3S. The van der Waals surface area contributed by atoms with Gasteiger partial charge in [-0.2, -0.15) is 0 Å². The first-order valence-electron chi connectivity index (χ1n) is 6.49. The van der Waals surface area contributed by atoms with Crippen molar-refractivity contribution in [1.29, 1.82) is 0 Å². The van der Waals surface area contributed by atoms with E-state index in [1.54, 1.807) is 11.8 Å². The van der Waals surface area contributed by atoms with Crippen LogP contribution >= 0.6 is 11.8 Å². The number of ether oxygens (including phenoxy) is 1. The second kappa shape index (κ2) is 7.02. The molecule has 0 saturated carbocycles. The van der Waals surface area contributed by atoms with E-state index in [4.69, 9.17) is 4.74 Å². The van der Waals surface area contributed by atoms with Crippen LogP contribution < -0.4 is 5.32 Å². The Labute approximate surface area is 113 Å². The van der Waals surface area contributed by atoms with Gasteiger partial charge in [0, 0.05) is 12.3 Å². The number of nitrogens with one attached hydrogen (secondary N) is 1. The third-order valence-corrected chi connectivity index (χ3v) is 3.82. The minimum atomic E-state index is -0.429. The third-order valence-electron chi connectivity index (χ3n) is 2.53. The molecule has 1 fully saturated rings. The molecule has 0 radical (unpaired) electrons. The molecule has 1 N–H and O–H groups in total. The molecule has 0 aromatic rings. The van der Waals surface area contributed by atoms with E-state index in [-0.39, 0.29) is 17.1 Å². The molecule has 1 rings (SSSR count). The Bertz CT molecular complexity index is 299. The van der Waals surface area contributed by atoms with Crippen LogP contribution in [-0.2, 0) is 14.3 Å². The van der Waals surface area contributed by atoms with E-state index in [2.05, 4.69) is 5.32 Å². The number of esters is 1. The fourth-order valence-electron chi connectivity index (χ4n) is 1.75. The molecular weight excluding hydrogens is 250 g/mol. The fourth-order valence-corrected chi connectivity index (χ4v) is 2.88. The van der Waals surface area contributed by atoms with Crippen LogP contribution in [0.25, 0.3) is 0 Å². The number of amides is 1. The van der Waals surface area contributed by atoms with Crippen LogP contribution in [0.4, 0.5) is 0 Å². The monoisotopic (exact) mass is 273 g/mol. The summed E-state index contributed by atoms with van der Waals surface area (Å²) >= 11 is 1.56. The Balaban J connectivity index is 2.24. The van der Waals surface area contributed by atoms with Gasteiger partial charge in [-0.25, -0.2) is 0 Å². The van der Waals surface area contributed by atoms with Crippen molar-refractivity contribution in [2.45, 2.75) is 57.3 Å². The smallest absolute Gasteiger partial charge is 0.307 e. The zero-order valence-corrected chi connectivity index (χ0v) is 12.3. The number of carbonyl (C=O) groups is 2. The standard InChI is InChI=1S/C13H23NO3S/c1-13(2,3)17-11(15)7-9-18-10-6-4-5-8-14-12(10)16/h10H,4-9H2,1-3H3,(H,14,16)/t10-/m0/s1. The Hall–Kier alpha value is -0.710. The lowest BCUT2D eigenvalue weighted by molar-refractivity contribution is -0.154. The minimum absolute atomic E-state index is 0.00469. The van der Waals surface area contributed by atoms with Crippen LogP contribution in [0.1, 0.15) is 46.5 Å². The molecule has 1 aliphatic rings. The average Bonchev–Trinajstić information content (AvgIpc) is 2.41. The van der Waals surface area contributed by atoms with Gasteiger partial charge in [0.15, 0.2) is 0 Å². The average molecular weight is 273 g/mol. The van der Waals surface area contributed by atoms with Gasteiger partial charge in [-0.15, -0.1) is 11.8 Å². The van der Waals surface area contributed by atoms with Gasteiger partial charge in [-0.3, -0.25) is 9.59 Å². The molecule has 0 unspecified atom stereocenters. The fraction of sp³-hybridized carbons (Fsp3) is 0.846. The number of thioether (sulfide) groups is 1. The van der Waals surface area contributed by atoms with E-state index in [1.807, 2.05) is 20.8 Å². The van der Waals surface area contributed by atoms with Crippen LogP contribution in [-0.4, -0.2) is 35.0 Å². The van der Waals surface area contributed by atoms with E-state index in [0.717, 1.165) is 25.8 Å². The maximum Gasteiger partial charge on any atom is 0.307 e. The van der Waals surface area contributed by atoms with E-state index in [1.165, 1.54) is 0 Å². The minimum Gasteiger partial charge on any atom is -0.460 e. The predicted octanol–water partition coefficient (Wildman–Crippen LogP) is 2.12. The van der Waals surface area contributed by atoms with E-state index < -0.39 is 5.60 Å². The molecule has 1 heterocycles. The largest absolute Gasteiger partial charge is 0.460 e. The molecule has 104 valence electrons. The van der Waals surface area contributed by atoms with Gasteiger partial charge < -0.3 is 10.1 Å². The van der Waals surface area contributed by atoms with Gasteiger partial charge in [-0.1, -0.05) is 6.42 Å². The van der Waals surface area contributed by atoms with Crippen LogP contribution in [0.2, 0.25) is 0 Å². The highest BCUT2D eigenvalue weighted by Gasteiger charge is 2.22. The lowest BCUT2D eigenvalue weighted by Crippen LogP contribution is -2.31. The van der Waals surface area contributed by atoms with Crippen molar-refractivity contribution in [2.75, 3.05) is 12.3 Å². The quantitative estimate of drug-likeness (QED) is 0.797. The van der Waals surface area contributed by atoms with Gasteiger partial charge in [0.1, 0.15) is 5.60 Å². The van der Waals surface area contributed by atoms with Crippen molar-refractivity contribution >= 4 is 23.6 Å². The molecule has 1 atom stereocenters. The van der Waals surface area contributed by atoms with Crippen molar-refractivity contribution in [2.24, 2.45) is 0 Å². The van der Waals surface area contributed by atoms with Crippen LogP contribution in [0.5, 0.6) is 0 Å². The van der Waals surface area contributed by atoms with Crippen LogP contribution in [0, 0.1) is 0 Å². The lowest BCUT2D eigenvalue weighted by atomic mass is 10.2. The first kappa shape index (κ1) is 15.3. The molecule has 1 aliphatic heterocycles. The Morgan fingerprint density at radius 2 is 2.17 bits per heavy atom. The zero-order valence-electron chi connectivity index (χ0n) is 11.5. The summed E-state index contributed by atoms with van der Waals surface area (Å²) in [7, 11) is 0. The second-order valence-corrected chi connectivity index (χ2v) is 6.79. The normalized spacial score (nSPS) is 21.1. The zero-order chi connectivity index (χ0) is 13.6. The molecule has 5 heteroatoms. The second-order valence-electron chi connectivity index (χ2n) is 5.48. The summed E-state index contributed by atoms with van der Waals surface area (Å²) in [5, 5.41) is 2.89. The van der Waals surface area contributed by atoms with Gasteiger partial charge in [-0.05, 0) is 33.6 Å². The molecule has 1 saturated heterocycles. The van der Waals surface area contributed by atoms with Crippen molar-refractivity contribution in [3.8, 4) is 0 Å². The van der Waals surface area contributed by atoms with Crippen LogP contribution in [0.15, 0.2) is 0 Å². The first-order valence-corrected chi connectivity index (χ1v) is 7.54. The molecule has 18 heavy (non-hydrogen) atoms. The summed E-state index contributed by atoms with van der Waals surface area (Å²) in [4.78, 5) is 23.2. The molecule has 4 nitrogen and oxygen atoms in total. The highest BCUT2D eigenvalue weighted by atomic mass is 32.2. The van der Waals surface area contributed by atoms with Crippen molar-refractivity contribution in [3.05, 3.63) is 0 Å². The van der Waals surface area contributed by atoms with E-state index in [0.29, 0.717) is 12.2 Å². The van der Waals surface area contributed by atoms with Crippen LogP contribution in [0.3, 0.4) is 0 Å². The highest BCUT2D eigenvalue weighted by molar-refractivity contribution is 8.00. The molecule has 0 spiro atoms. The highest BCUT2D eigenvalue weighted by Crippen LogP contribution is 2.21. The summed E-state index contributed by atoms with van der Waals surface area (Å²) in [6.07, 6.45) is 3.40. The SMILES string of the molecule is CC(C)(C)OC(=O)CCS[C@H]1CCCCNC1=O. The summed E-state index contributed by atoms with van der Waals surface area (Å²) in [5.74, 6) is 0.568. The maximum absolute atomic E-state index is 11.7. The molecule has 0 aromatic carbocycles. The molecule has 0 aromatic heterocycles. The molecule has 0 bridgehead atoms. The maximum atomic E-state index is 11.7. The van der Waals surface area contributed by atoms with Gasteiger partial charge in [0.2, 0.25) is 5.91 Å². The van der Waals surface area contributed by atoms with E-state index >= 15 is 0 Å². The Kier molecular flexibility index (Phi) is 5.99. The molecule has 1 amide bonds. The lowest BCUT2D eigenvalue weighted by Gasteiger charge is -2.19. The summed E-state index contributed by atoms with van der Waals surface area (Å²) in [6, 6.07) is 0. The van der Waals surface area contributed by atoms with Gasteiger partial charge in [0.25, 0.3) is 0 Å². The van der Waals surface area contributed by atoms with Gasteiger partial charge >= 0.3 is 5.97 Å². The number of rotatable bonds is 4. The summed E-state index contributed by atoms with van der Waals surface area (Å²) in [6.45, 7) is 6.35. The number of hydrogen-bond donors (Lipinski definition) is 1.